The molecule has 0 aliphatic carbocycles. The summed E-state index contributed by atoms with van der Waals surface area (Å²) in [5, 5.41) is 9.19. The van der Waals surface area contributed by atoms with Gasteiger partial charge in [0.15, 0.2) is 0 Å². The maximum Gasteiger partial charge on any atom is 0.265 e. The molecule has 0 unspecified atom stereocenters. The minimum absolute atomic E-state index is 0.178. The van der Waals surface area contributed by atoms with Gasteiger partial charge < -0.3 is 5.11 Å². The first kappa shape index (κ1) is 9.70. The third-order valence-corrected chi connectivity index (χ3v) is 2.95. The lowest BCUT2D eigenvalue weighted by molar-refractivity contribution is 0.446. The number of para-hydroxylation sites is 1. The van der Waals surface area contributed by atoms with E-state index in [9.17, 15) is 13.5 Å². The van der Waals surface area contributed by atoms with E-state index in [0.717, 1.165) is 0 Å². The number of hydrogen-bond acceptors (Lipinski definition) is 4. The predicted octanol–water partition coefficient (Wildman–Crippen LogP) is 1.61. The molecule has 1 rings (SSSR count). The second-order valence-electron chi connectivity index (χ2n) is 2.06. The molecule has 12 heavy (non-hydrogen) atoms. The van der Waals surface area contributed by atoms with Crippen LogP contribution >= 0.6 is 23.3 Å². The lowest BCUT2D eigenvalue weighted by atomic mass is 10.3. The average molecular weight is 225 g/mol. The Labute approximate surface area is 79.8 Å². The molecule has 0 radical (unpaired) electrons. The standard InChI is InChI=1S/C6H5ClO3S2/c7-12(9,10)5-3-1-2-4(11)6(5)8/h1-3,8,11H. The van der Waals surface area contributed by atoms with Gasteiger partial charge in [0.1, 0.15) is 10.6 Å². The molecule has 0 amide bonds. The lowest BCUT2D eigenvalue weighted by Gasteiger charge is -2.01. The fraction of sp³-hybridized carbons (Fsp3) is 0. The first-order valence-corrected chi connectivity index (χ1v) is 5.64. The summed E-state index contributed by atoms with van der Waals surface area (Å²) in [5.74, 6) is -0.421. The second kappa shape index (κ2) is 3.16. The van der Waals surface area contributed by atoms with Crippen LogP contribution in [-0.4, -0.2) is 13.5 Å². The van der Waals surface area contributed by atoms with E-state index >= 15 is 0 Å². The van der Waals surface area contributed by atoms with E-state index in [1.807, 2.05) is 0 Å². The molecule has 66 valence electrons. The summed E-state index contributed by atoms with van der Waals surface area (Å²) in [5.41, 5.74) is 0. The summed E-state index contributed by atoms with van der Waals surface area (Å²) < 4.78 is 21.6. The average Bonchev–Trinajstić information content (AvgIpc) is 1.92. The quantitative estimate of drug-likeness (QED) is 0.563. The van der Waals surface area contributed by atoms with Gasteiger partial charge in [-0.2, -0.15) is 0 Å². The molecule has 1 aromatic carbocycles. The zero-order valence-corrected chi connectivity index (χ0v) is 8.20. The van der Waals surface area contributed by atoms with E-state index in [-0.39, 0.29) is 9.79 Å². The van der Waals surface area contributed by atoms with E-state index in [1.165, 1.54) is 18.2 Å². The van der Waals surface area contributed by atoms with Crippen LogP contribution in [0.4, 0.5) is 0 Å². The van der Waals surface area contributed by atoms with Gasteiger partial charge >= 0.3 is 0 Å². The van der Waals surface area contributed by atoms with Crippen LogP contribution in [0, 0.1) is 0 Å². The van der Waals surface area contributed by atoms with Crippen LogP contribution in [-0.2, 0) is 9.05 Å². The molecule has 0 fully saturated rings. The molecule has 6 heteroatoms. The van der Waals surface area contributed by atoms with Gasteiger partial charge in [0.05, 0.1) is 0 Å². The molecular formula is C6H5ClO3S2. The molecule has 0 aromatic heterocycles. The first-order chi connectivity index (χ1) is 5.43. The molecule has 0 atom stereocenters. The molecular weight excluding hydrogens is 220 g/mol. The van der Waals surface area contributed by atoms with Gasteiger partial charge in [-0.25, -0.2) is 8.42 Å². The van der Waals surface area contributed by atoms with Gasteiger partial charge in [0.2, 0.25) is 0 Å². The molecule has 1 N–H and O–H groups in total. The fourth-order valence-electron chi connectivity index (χ4n) is 0.707. The van der Waals surface area contributed by atoms with E-state index in [2.05, 4.69) is 12.6 Å². The molecule has 1 aromatic rings. The molecule has 0 saturated carbocycles. The molecule has 3 nitrogen and oxygen atoms in total. The lowest BCUT2D eigenvalue weighted by Crippen LogP contribution is -1.90. The number of benzene rings is 1. The van der Waals surface area contributed by atoms with Crippen molar-refractivity contribution in [1.29, 1.82) is 0 Å². The van der Waals surface area contributed by atoms with Crippen molar-refractivity contribution in [2.45, 2.75) is 9.79 Å². The van der Waals surface area contributed by atoms with Gasteiger partial charge in [-0.3, -0.25) is 0 Å². The Morgan fingerprint density at radius 3 is 2.42 bits per heavy atom. The van der Waals surface area contributed by atoms with Crippen LogP contribution in [0.15, 0.2) is 28.0 Å². The Bertz CT molecular complexity index is 399. The Kier molecular flexibility index (Phi) is 2.55. The highest BCUT2D eigenvalue weighted by atomic mass is 35.7. The van der Waals surface area contributed by atoms with Crippen molar-refractivity contribution in [2.75, 3.05) is 0 Å². The van der Waals surface area contributed by atoms with Crippen LogP contribution in [0.1, 0.15) is 0 Å². The van der Waals surface area contributed by atoms with Crippen molar-refractivity contribution in [3.05, 3.63) is 18.2 Å². The van der Waals surface area contributed by atoms with E-state index in [0.29, 0.717) is 0 Å². The van der Waals surface area contributed by atoms with Gasteiger partial charge in [0.25, 0.3) is 9.05 Å². The van der Waals surface area contributed by atoms with Crippen molar-refractivity contribution >= 4 is 32.4 Å². The van der Waals surface area contributed by atoms with Crippen molar-refractivity contribution < 1.29 is 13.5 Å². The van der Waals surface area contributed by atoms with Crippen LogP contribution in [0.2, 0.25) is 0 Å². The monoisotopic (exact) mass is 224 g/mol. The maximum absolute atomic E-state index is 10.8. The zero-order valence-electron chi connectivity index (χ0n) is 5.73. The van der Waals surface area contributed by atoms with Crippen molar-refractivity contribution in [3.63, 3.8) is 0 Å². The van der Waals surface area contributed by atoms with Crippen molar-refractivity contribution in [1.82, 2.24) is 0 Å². The zero-order chi connectivity index (χ0) is 9.35. The Balaban J connectivity index is 3.47. The molecule has 0 spiro atoms. The third kappa shape index (κ3) is 1.85. The van der Waals surface area contributed by atoms with Gasteiger partial charge in [-0.05, 0) is 12.1 Å². The Hall–Kier alpha value is -0.390. The Morgan fingerprint density at radius 1 is 1.42 bits per heavy atom. The van der Waals surface area contributed by atoms with E-state index in [4.69, 9.17) is 10.7 Å². The normalized spacial score (nSPS) is 11.5. The smallest absolute Gasteiger partial charge is 0.265 e. The number of phenolic OH excluding ortho intramolecular Hbond substituents is 1. The molecule has 0 bridgehead atoms. The highest BCUT2D eigenvalue weighted by Crippen LogP contribution is 2.30. The van der Waals surface area contributed by atoms with Gasteiger partial charge in [0, 0.05) is 15.6 Å². The molecule has 0 heterocycles. The fourth-order valence-corrected chi connectivity index (χ4v) is 1.95. The van der Waals surface area contributed by atoms with E-state index < -0.39 is 14.8 Å². The summed E-state index contributed by atoms with van der Waals surface area (Å²) >= 11 is 3.83. The summed E-state index contributed by atoms with van der Waals surface area (Å²) in [4.78, 5) is -0.145. The summed E-state index contributed by atoms with van der Waals surface area (Å²) in [6.07, 6.45) is 0. The molecule has 0 aliphatic heterocycles. The third-order valence-electron chi connectivity index (χ3n) is 1.24. The Morgan fingerprint density at radius 2 is 2.00 bits per heavy atom. The first-order valence-electron chi connectivity index (χ1n) is 2.88. The predicted molar refractivity (Wildman–Crippen MR) is 48.4 cm³/mol. The van der Waals surface area contributed by atoms with Gasteiger partial charge in [-0.15, -0.1) is 12.6 Å². The number of halogens is 1. The minimum atomic E-state index is -3.88. The van der Waals surface area contributed by atoms with Crippen molar-refractivity contribution in [2.24, 2.45) is 0 Å². The number of rotatable bonds is 1. The van der Waals surface area contributed by atoms with Crippen LogP contribution in [0.5, 0.6) is 5.75 Å². The summed E-state index contributed by atoms with van der Waals surface area (Å²) in [7, 11) is 1.13. The van der Waals surface area contributed by atoms with Crippen LogP contribution < -0.4 is 0 Å². The van der Waals surface area contributed by atoms with Crippen molar-refractivity contribution in [3.8, 4) is 5.75 Å². The maximum atomic E-state index is 10.8. The number of aromatic hydroxyl groups is 1. The molecule has 0 aliphatic rings. The summed E-state index contributed by atoms with van der Waals surface area (Å²) in [6, 6.07) is 4.11. The summed E-state index contributed by atoms with van der Waals surface area (Å²) in [6.45, 7) is 0. The highest BCUT2D eigenvalue weighted by molar-refractivity contribution is 8.13. The van der Waals surface area contributed by atoms with Crippen LogP contribution in [0.3, 0.4) is 0 Å². The number of phenols is 1. The topological polar surface area (TPSA) is 54.4 Å². The SMILES string of the molecule is O=S(=O)(Cl)c1cccc(S)c1O. The second-order valence-corrected chi connectivity index (χ2v) is 5.08. The molecule has 0 saturated heterocycles. The van der Waals surface area contributed by atoms with Gasteiger partial charge in [-0.1, -0.05) is 6.07 Å². The largest absolute Gasteiger partial charge is 0.505 e. The number of hydrogen-bond donors (Lipinski definition) is 2. The minimum Gasteiger partial charge on any atom is -0.505 e. The van der Waals surface area contributed by atoms with E-state index in [1.54, 1.807) is 0 Å². The van der Waals surface area contributed by atoms with Crippen LogP contribution in [0.25, 0.3) is 0 Å². The highest BCUT2D eigenvalue weighted by Gasteiger charge is 2.16. The number of thiol groups is 1.